The molecule has 0 radical (unpaired) electrons. The Bertz CT molecular complexity index is 496. The Labute approximate surface area is 121 Å². The van der Waals surface area contributed by atoms with Crippen LogP contribution in [0.4, 0.5) is 0 Å². The van der Waals surface area contributed by atoms with Crippen molar-refractivity contribution in [3.05, 3.63) is 35.4 Å². The van der Waals surface area contributed by atoms with Gasteiger partial charge in [-0.25, -0.2) is 0 Å². The van der Waals surface area contributed by atoms with Crippen LogP contribution in [0.25, 0.3) is 0 Å². The van der Waals surface area contributed by atoms with Gasteiger partial charge in [0.15, 0.2) is 0 Å². The maximum absolute atomic E-state index is 12.4. The van der Waals surface area contributed by atoms with E-state index in [0.29, 0.717) is 0 Å². The van der Waals surface area contributed by atoms with Gasteiger partial charge < -0.3 is 4.90 Å². The van der Waals surface area contributed by atoms with E-state index in [9.17, 15) is 4.79 Å². The van der Waals surface area contributed by atoms with Gasteiger partial charge in [-0.3, -0.25) is 10.1 Å². The largest absolute Gasteiger partial charge is 0.322 e. The second-order valence-corrected chi connectivity index (χ2v) is 6.26. The van der Waals surface area contributed by atoms with E-state index in [1.54, 1.807) is 0 Å². The van der Waals surface area contributed by atoms with Crippen molar-refractivity contribution in [3.63, 3.8) is 0 Å². The first-order chi connectivity index (χ1) is 9.66. The van der Waals surface area contributed by atoms with Gasteiger partial charge in [0.2, 0.25) is 5.91 Å². The minimum atomic E-state index is -0.0690. The van der Waals surface area contributed by atoms with Gasteiger partial charge in [-0.05, 0) is 43.7 Å². The lowest BCUT2D eigenvalue weighted by Crippen LogP contribution is -2.32. The zero-order valence-corrected chi connectivity index (χ0v) is 12.4. The molecular weight excluding hydrogens is 248 g/mol. The van der Waals surface area contributed by atoms with E-state index in [1.165, 1.54) is 30.4 Å². The van der Waals surface area contributed by atoms with Gasteiger partial charge in [0.25, 0.3) is 0 Å². The number of amides is 1. The van der Waals surface area contributed by atoms with Crippen LogP contribution >= 0.6 is 0 Å². The highest BCUT2D eigenvalue weighted by molar-refractivity contribution is 5.84. The summed E-state index contributed by atoms with van der Waals surface area (Å²) >= 11 is 0. The third kappa shape index (κ3) is 2.73. The van der Waals surface area contributed by atoms with E-state index in [0.717, 1.165) is 18.9 Å². The highest BCUT2D eigenvalue weighted by Crippen LogP contribution is 2.34. The Morgan fingerprint density at radius 3 is 2.75 bits per heavy atom. The van der Waals surface area contributed by atoms with E-state index in [1.807, 2.05) is 11.8 Å². The monoisotopic (exact) mass is 272 g/mol. The van der Waals surface area contributed by atoms with Gasteiger partial charge in [-0.2, -0.15) is 0 Å². The van der Waals surface area contributed by atoms with Gasteiger partial charge in [-0.15, -0.1) is 0 Å². The van der Waals surface area contributed by atoms with Gasteiger partial charge in [0.05, 0.1) is 6.04 Å². The molecule has 3 rings (SSSR count). The lowest BCUT2D eigenvalue weighted by atomic mass is 10.1. The third-order valence-electron chi connectivity index (χ3n) is 4.56. The highest BCUT2D eigenvalue weighted by Gasteiger charge is 2.37. The van der Waals surface area contributed by atoms with Crippen molar-refractivity contribution >= 4 is 5.91 Å². The topological polar surface area (TPSA) is 32.3 Å². The van der Waals surface area contributed by atoms with E-state index < -0.39 is 0 Å². The van der Waals surface area contributed by atoms with Crippen molar-refractivity contribution in [2.75, 3.05) is 6.54 Å². The number of aryl methyl sites for hydroxylation is 1. The number of nitrogens with one attached hydrogen (secondary N) is 1. The highest BCUT2D eigenvalue weighted by atomic mass is 16.2. The number of benzene rings is 1. The summed E-state index contributed by atoms with van der Waals surface area (Å²) < 4.78 is 0. The van der Waals surface area contributed by atoms with Crippen LogP contribution in [0.2, 0.25) is 0 Å². The first kappa shape index (κ1) is 13.6. The summed E-state index contributed by atoms with van der Waals surface area (Å²) in [6.45, 7) is 4.97. The molecule has 108 valence electrons. The van der Waals surface area contributed by atoms with Crippen LogP contribution < -0.4 is 5.32 Å². The Kier molecular flexibility index (Phi) is 3.79. The molecular formula is C17H24N2O. The number of rotatable bonds is 5. The van der Waals surface area contributed by atoms with Crippen LogP contribution in [0, 0.1) is 12.8 Å². The van der Waals surface area contributed by atoms with E-state index in [-0.39, 0.29) is 18.1 Å². The Hall–Kier alpha value is -1.35. The molecule has 1 aliphatic heterocycles. The maximum Gasteiger partial charge on any atom is 0.241 e. The van der Waals surface area contributed by atoms with Crippen LogP contribution in [-0.2, 0) is 4.79 Å². The standard InChI is InChI=1S/C17H24N2O/c1-12-6-3-4-8-15(12)16-18-13(2)17(20)19(16)11-5-7-14-9-10-14/h3-4,6,8,13-14,16,18H,5,7,9-11H2,1-2H3. The zero-order chi connectivity index (χ0) is 14.1. The van der Waals surface area contributed by atoms with Crippen LogP contribution in [0.5, 0.6) is 0 Å². The summed E-state index contributed by atoms with van der Waals surface area (Å²) in [5, 5.41) is 3.44. The predicted molar refractivity (Wildman–Crippen MR) is 80.2 cm³/mol. The molecule has 1 aromatic rings. The van der Waals surface area contributed by atoms with Crippen molar-refractivity contribution in [2.24, 2.45) is 5.92 Å². The minimum absolute atomic E-state index is 0.0536. The molecule has 0 bridgehead atoms. The third-order valence-corrected chi connectivity index (χ3v) is 4.56. The molecule has 2 atom stereocenters. The molecule has 3 nitrogen and oxygen atoms in total. The molecule has 2 fully saturated rings. The van der Waals surface area contributed by atoms with Gasteiger partial charge in [0, 0.05) is 6.54 Å². The van der Waals surface area contributed by atoms with Gasteiger partial charge >= 0.3 is 0 Å². The first-order valence-electron chi connectivity index (χ1n) is 7.79. The molecule has 1 heterocycles. The summed E-state index contributed by atoms with van der Waals surface area (Å²) in [6, 6.07) is 8.29. The van der Waals surface area contributed by atoms with Crippen LogP contribution in [0.1, 0.15) is 49.9 Å². The molecule has 1 amide bonds. The van der Waals surface area contributed by atoms with Crippen molar-refractivity contribution in [1.29, 1.82) is 0 Å². The second-order valence-electron chi connectivity index (χ2n) is 6.26. The average molecular weight is 272 g/mol. The number of nitrogens with zero attached hydrogens (tertiary/aromatic N) is 1. The number of carbonyl (C=O) groups excluding carboxylic acids is 1. The van der Waals surface area contributed by atoms with Gasteiger partial charge in [0.1, 0.15) is 6.17 Å². The Morgan fingerprint density at radius 2 is 2.05 bits per heavy atom. The average Bonchev–Trinajstić information content (AvgIpc) is 3.21. The first-order valence-corrected chi connectivity index (χ1v) is 7.79. The summed E-state index contributed by atoms with van der Waals surface area (Å²) in [5.74, 6) is 1.18. The molecule has 2 unspecified atom stereocenters. The lowest BCUT2D eigenvalue weighted by Gasteiger charge is -2.25. The molecule has 0 aromatic heterocycles. The Balaban J connectivity index is 1.73. The summed E-state index contributed by atoms with van der Waals surface area (Å²) in [7, 11) is 0. The van der Waals surface area contributed by atoms with E-state index in [4.69, 9.17) is 0 Å². The SMILES string of the molecule is Cc1ccccc1C1NC(C)C(=O)N1CCCC1CC1. The Morgan fingerprint density at radius 1 is 1.30 bits per heavy atom. The van der Waals surface area contributed by atoms with Crippen LogP contribution in [-0.4, -0.2) is 23.4 Å². The molecule has 1 N–H and O–H groups in total. The quantitative estimate of drug-likeness (QED) is 0.893. The molecule has 20 heavy (non-hydrogen) atoms. The number of hydrogen-bond acceptors (Lipinski definition) is 2. The zero-order valence-electron chi connectivity index (χ0n) is 12.4. The van der Waals surface area contributed by atoms with Crippen molar-refractivity contribution in [2.45, 2.75) is 51.7 Å². The summed E-state index contributed by atoms with van der Waals surface area (Å²) in [4.78, 5) is 14.4. The molecule has 1 saturated heterocycles. The lowest BCUT2D eigenvalue weighted by molar-refractivity contribution is -0.129. The normalized spacial score (nSPS) is 26.3. The summed E-state index contributed by atoms with van der Waals surface area (Å²) in [5.41, 5.74) is 2.48. The minimum Gasteiger partial charge on any atom is -0.322 e. The number of carbonyl (C=O) groups is 1. The van der Waals surface area contributed by atoms with Crippen molar-refractivity contribution < 1.29 is 4.79 Å². The molecule has 0 spiro atoms. The molecule has 3 heteroatoms. The summed E-state index contributed by atoms with van der Waals surface area (Å²) in [6.07, 6.45) is 5.25. The van der Waals surface area contributed by atoms with E-state index in [2.05, 4.69) is 36.5 Å². The fraction of sp³-hybridized carbons (Fsp3) is 0.588. The predicted octanol–water partition coefficient (Wildman–Crippen LogP) is 3.00. The fourth-order valence-corrected chi connectivity index (χ4v) is 3.12. The second kappa shape index (κ2) is 5.57. The molecule has 1 aromatic carbocycles. The van der Waals surface area contributed by atoms with Crippen molar-refractivity contribution in [3.8, 4) is 0 Å². The molecule has 1 saturated carbocycles. The van der Waals surface area contributed by atoms with E-state index >= 15 is 0 Å². The molecule has 2 aliphatic rings. The number of hydrogen-bond donors (Lipinski definition) is 1. The smallest absolute Gasteiger partial charge is 0.241 e. The maximum atomic E-state index is 12.4. The van der Waals surface area contributed by atoms with Gasteiger partial charge in [-0.1, -0.05) is 37.1 Å². The van der Waals surface area contributed by atoms with Crippen molar-refractivity contribution in [1.82, 2.24) is 10.2 Å². The molecule has 1 aliphatic carbocycles. The fourth-order valence-electron chi connectivity index (χ4n) is 3.12. The van der Waals surface area contributed by atoms with Crippen LogP contribution in [0.15, 0.2) is 24.3 Å². The van der Waals surface area contributed by atoms with Crippen LogP contribution in [0.3, 0.4) is 0 Å².